The van der Waals surface area contributed by atoms with Crippen molar-refractivity contribution < 1.29 is 14.8 Å². The number of para-hydroxylation sites is 1. The van der Waals surface area contributed by atoms with Crippen LogP contribution in [0.5, 0.6) is 0 Å². The number of benzene rings is 2. The molecule has 2 heterocycles. The Morgan fingerprint density at radius 1 is 0.972 bits per heavy atom. The van der Waals surface area contributed by atoms with Gasteiger partial charge in [0.25, 0.3) is 11.4 Å². The molecule has 3 aromatic rings. The Kier molecular flexibility index (Phi) is 5.99. The number of hydrogen-bond acceptors (Lipinski definition) is 12. The zero-order valence-electron chi connectivity index (χ0n) is 18.8. The van der Waals surface area contributed by atoms with Gasteiger partial charge in [-0.3, -0.25) is 35.7 Å². The maximum absolute atomic E-state index is 11.7. The van der Waals surface area contributed by atoms with E-state index in [4.69, 9.17) is 5.73 Å². The van der Waals surface area contributed by atoms with Gasteiger partial charge in [0.15, 0.2) is 12.1 Å². The molecule has 0 fully saturated rings. The second kappa shape index (κ2) is 9.09. The summed E-state index contributed by atoms with van der Waals surface area (Å²) in [6.07, 6.45) is 0.383. The molecule has 0 aliphatic carbocycles. The van der Waals surface area contributed by atoms with Gasteiger partial charge in [0.1, 0.15) is 11.4 Å². The number of aromatic nitrogens is 2. The molecule has 1 aliphatic heterocycles. The van der Waals surface area contributed by atoms with E-state index < -0.39 is 32.3 Å². The Hall–Kier alpha value is -5.41. The number of guanidine groups is 2. The van der Waals surface area contributed by atoms with Crippen molar-refractivity contribution >= 4 is 29.0 Å². The molecular weight excluding hydrogens is 476 g/mol. The summed E-state index contributed by atoms with van der Waals surface area (Å²) in [5, 5.41) is 41.8. The molecule has 0 bridgehead atoms. The van der Waals surface area contributed by atoms with Gasteiger partial charge < -0.3 is 10.6 Å². The molecular formula is C20H18N10O6. The van der Waals surface area contributed by atoms with Gasteiger partial charge in [0.2, 0.25) is 5.96 Å². The summed E-state index contributed by atoms with van der Waals surface area (Å²) in [5.74, 6) is 0.386. The summed E-state index contributed by atoms with van der Waals surface area (Å²) in [6, 6.07) is 8.91. The van der Waals surface area contributed by atoms with E-state index in [2.05, 4.69) is 20.4 Å². The van der Waals surface area contributed by atoms with Crippen LogP contribution >= 0.6 is 0 Å². The fraction of sp³-hybridized carbons (Fsp3) is 0.150. The SMILES string of the molecule is CN(C)C1=NC(c2cn(-c3ccc([N+](=O)[O-])cc3[N+](=O)[O-])nc2-c2ccccc2[N+](=O)[O-])N=C(N)N1. The summed E-state index contributed by atoms with van der Waals surface area (Å²) in [4.78, 5) is 42.9. The molecule has 2 aromatic carbocycles. The molecule has 0 saturated carbocycles. The molecule has 0 radical (unpaired) electrons. The van der Waals surface area contributed by atoms with Crippen LogP contribution in [0.1, 0.15) is 11.7 Å². The fourth-order valence-corrected chi connectivity index (χ4v) is 3.53. The van der Waals surface area contributed by atoms with E-state index in [1.165, 1.54) is 30.5 Å². The van der Waals surface area contributed by atoms with Crippen molar-refractivity contribution in [3.05, 3.63) is 84.6 Å². The molecule has 0 spiro atoms. The first-order valence-corrected chi connectivity index (χ1v) is 10.2. The lowest BCUT2D eigenvalue weighted by atomic mass is 10.0. The van der Waals surface area contributed by atoms with Crippen molar-refractivity contribution in [1.82, 2.24) is 20.0 Å². The zero-order valence-corrected chi connectivity index (χ0v) is 18.8. The predicted octanol–water partition coefficient (Wildman–Crippen LogP) is 2.10. The Labute approximate surface area is 201 Å². The van der Waals surface area contributed by atoms with Crippen LogP contribution in [0.4, 0.5) is 17.1 Å². The van der Waals surface area contributed by atoms with Gasteiger partial charge in [-0.05, 0) is 12.1 Å². The van der Waals surface area contributed by atoms with E-state index >= 15 is 0 Å². The van der Waals surface area contributed by atoms with Gasteiger partial charge in [-0.1, -0.05) is 12.1 Å². The highest BCUT2D eigenvalue weighted by Gasteiger charge is 2.30. The third kappa shape index (κ3) is 4.37. The summed E-state index contributed by atoms with van der Waals surface area (Å²) < 4.78 is 1.11. The third-order valence-electron chi connectivity index (χ3n) is 5.16. The first-order valence-electron chi connectivity index (χ1n) is 10.2. The van der Waals surface area contributed by atoms with Gasteiger partial charge in [-0.25, -0.2) is 14.7 Å². The normalized spacial score (nSPS) is 14.9. The van der Waals surface area contributed by atoms with Crippen molar-refractivity contribution in [3.63, 3.8) is 0 Å². The molecule has 1 atom stereocenters. The van der Waals surface area contributed by atoms with E-state index in [0.29, 0.717) is 5.96 Å². The van der Waals surface area contributed by atoms with Crippen LogP contribution in [-0.2, 0) is 0 Å². The molecule has 3 N–H and O–H groups in total. The van der Waals surface area contributed by atoms with Gasteiger partial charge in [0, 0.05) is 38.0 Å². The number of hydrogen-bond donors (Lipinski definition) is 2. The summed E-state index contributed by atoms with van der Waals surface area (Å²) in [6.45, 7) is 0. The first-order chi connectivity index (χ1) is 17.1. The molecule has 1 aromatic heterocycles. The predicted molar refractivity (Wildman–Crippen MR) is 128 cm³/mol. The number of nitrogens with zero attached hydrogens (tertiary/aromatic N) is 8. The van der Waals surface area contributed by atoms with Gasteiger partial charge in [-0.2, -0.15) is 5.10 Å². The average molecular weight is 494 g/mol. The Balaban J connectivity index is 1.99. The van der Waals surface area contributed by atoms with Crippen molar-refractivity contribution in [1.29, 1.82) is 0 Å². The lowest BCUT2D eigenvalue weighted by Crippen LogP contribution is -2.46. The number of aliphatic imine (C=N–C) groups is 2. The van der Waals surface area contributed by atoms with Gasteiger partial charge >= 0.3 is 5.69 Å². The number of nitrogens with two attached hydrogens (primary N) is 1. The minimum absolute atomic E-state index is 0.0290. The van der Waals surface area contributed by atoms with Crippen LogP contribution < -0.4 is 11.1 Å². The number of nitro benzene ring substituents is 3. The largest absolute Gasteiger partial charge is 0.370 e. The zero-order chi connectivity index (χ0) is 26.1. The van der Waals surface area contributed by atoms with E-state index in [1.807, 2.05) is 0 Å². The molecule has 184 valence electrons. The first kappa shape index (κ1) is 23.7. The average Bonchev–Trinajstić information content (AvgIpc) is 3.28. The van der Waals surface area contributed by atoms with Gasteiger partial charge in [0.05, 0.1) is 26.4 Å². The number of non-ortho nitro benzene ring substituents is 1. The Morgan fingerprint density at radius 3 is 2.31 bits per heavy atom. The third-order valence-corrected chi connectivity index (χ3v) is 5.16. The van der Waals surface area contributed by atoms with Crippen LogP contribution in [0.25, 0.3) is 16.9 Å². The maximum Gasteiger partial charge on any atom is 0.301 e. The lowest BCUT2D eigenvalue weighted by molar-refractivity contribution is -0.394. The Morgan fingerprint density at radius 2 is 1.67 bits per heavy atom. The number of nitrogens with one attached hydrogen (secondary N) is 1. The summed E-state index contributed by atoms with van der Waals surface area (Å²) in [5.41, 5.74) is 4.97. The van der Waals surface area contributed by atoms with Crippen molar-refractivity contribution in [2.45, 2.75) is 6.17 Å². The van der Waals surface area contributed by atoms with E-state index in [-0.39, 0.29) is 34.2 Å². The number of rotatable bonds is 6. The van der Waals surface area contributed by atoms with E-state index in [9.17, 15) is 30.3 Å². The second-order valence-corrected chi connectivity index (χ2v) is 7.70. The van der Waals surface area contributed by atoms with E-state index in [0.717, 1.165) is 16.8 Å². The molecule has 16 nitrogen and oxygen atoms in total. The molecule has 0 saturated heterocycles. The van der Waals surface area contributed by atoms with Crippen molar-refractivity contribution in [2.24, 2.45) is 15.7 Å². The molecule has 16 heteroatoms. The van der Waals surface area contributed by atoms with Crippen LogP contribution in [0.3, 0.4) is 0 Å². The van der Waals surface area contributed by atoms with Crippen LogP contribution in [0, 0.1) is 30.3 Å². The van der Waals surface area contributed by atoms with Crippen LogP contribution in [-0.4, -0.2) is 55.5 Å². The second-order valence-electron chi connectivity index (χ2n) is 7.70. The highest BCUT2D eigenvalue weighted by Crippen LogP contribution is 2.37. The Bertz CT molecular complexity index is 1460. The van der Waals surface area contributed by atoms with Crippen LogP contribution in [0.2, 0.25) is 0 Å². The minimum atomic E-state index is -0.996. The summed E-state index contributed by atoms with van der Waals surface area (Å²) >= 11 is 0. The van der Waals surface area contributed by atoms with Crippen molar-refractivity contribution in [3.8, 4) is 16.9 Å². The minimum Gasteiger partial charge on any atom is -0.370 e. The van der Waals surface area contributed by atoms with Crippen molar-refractivity contribution in [2.75, 3.05) is 14.1 Å². The lowest BCUT2D eigenvalue weighted by Gasteiger charge is -2.23. The maximum atomic E-state index is 11.7. The highest BCUT2D eigenvalue weighted by atomic mass is 16.6. The standard InChI is InChI=1S/C20H18N10O6/c1-26(2)20-23-18(22-19(21)24-20)13-10-27(15-8-7-11(28(31)32)9-16(15)30(35)36)25-17(13)12-5-3-4-6-14(12)29(33)34/h3-10,18H,1-2H3,(H3,21,22,23,24). The number of nitro groups is 3. The molecule has 36 heavy (non-hydrogen) atoms. The smallest absolute Gasteiger partial charge is 0.301 e. The quantitative estimate of drug-likeness (QED) is 0.376. The molecule has 1 aliphatic rings. The topological polar surface area (TPSA) is 213 Å². The monoisotopic (exact) mass is 494 g/mol. The van der Waals surface area contributed by atoms with Gasteiger partial charge in [-0.15, -0.1) is 0 Å². The highest BCUT2D eigenvalue weighted by molar-refractivity contribution is 5.99. The van der Waals surface area contributed by atoms with Crippen LogP contribution in [0.15, 0.2) is 58.6 Å². The molecule has 1 unspecified atom stereocenters. The van der Waals surface area contributed by atoms with E-state index in [1.54, 1.807) is 25.1 Å². The molecule has 0 amide bonds. The fourth-order valence-electron chi connectivity index (χ4n) is 3.53. The summed E-state index contributed by atoms with van der Waals surface area (Å²) in [7, 11) is 3.43. The molecule has 4 rings (SSSR count).